The van der Waals surface area contributed by atoms with Gasteiger partial charge in [0.2, 0.25) is 11.8 Å². The molecule has 0 aliphatic carbocycles. The second-order valence-corrected chi connectivity index (χ2v) is 6.03. The molecule has 0 aliphatic heterocycles. The van der Waals surface area contributed by atoms with Crippen LogP contribution in [0.3, 0.4) is 0 Å². The van der Waals surface area contributed by atoms with Crippen molar-refractivity contribution in [3.05, 3.63) is 35.4 Å². The summed E-state index contributed by atoms with van der Waals surface area (Å²) < 4.78 is 5.89. The van der Waals surface area contributed by atoms with Crippen molar-refractivity contribution in [2.75, 3.05) is 11.5 Å². The molecule has 0 amide bonds. The molecule has 0 saturated carbocycles. The second kappa shape index (κ2) is 5.60. The quantitative estimate of drug-likeness (QED) is 0.904. The first-order chi connectivity index (χ1) is 9.79. The van der Waals surface area contributed by atoms with E-state index in [-0.39, 0.29) is 11.4 Å². The van der Waals surface area contributed by atoms with E-state index in [0.717, 1.165) is 17.7 Å². The average molecular weight is 286 g/mol. The Bertz CT molecular complexity index is 627. The number of benzene rings is 1. The van der Waals surface area contributed by atoms with Crippen molar-refractivity contribution in [3.63, 3.8) is 0 Å². The molecule has 2 rings (SSSR count). The second-order valence-electron chi connectivity index (χ2n) is 6.03. The molecule has 0 unspecified atom stereocenters. The number of hydrogen-bond acceptors (Lipinski definition) is 5. The third kappa shape index (κ3) is 3.62. The number of rotatable bonds is 3. The number of aromatic nitrogens is 2. The Morgan fingerprint density at radius 3 is 2.38 bits per heavy atom. The van der Waals surface area contributed by atoms with Gasteiger partial charge in [-0.05, 0) is 23.5 Å². The minimum Gasteiger partial charge on any atom is -0.438 e. The van der Waals surface area contributed by atoms with E-state index in [0.29, 0.717) is 11.7 Å². The molecule has 5 heteroatoms. The van der Waals surface area contributed by atoms with E-state index in [1.54, 1.807) is 6.07 Å². The molecule has 0 aliphatic rings. The highest BCUT2D eigenvalue weighted by Gasteiger charge is 2.20. The summed E-state index contributed by atoms with van der Waals surface area (Å²) in [6, 6.07) is 7.76. The average Bonchev–Trinajstić information content (AvgIpc) is 2.36. The molecule has 4 N–H and O–H groups in total. The van der Waals surface area contributed by atoms with Gasteiger partial charge < -0.3 is 16.2 Å². The van der Waals surface area contributed by atoms with Gasteiger partial charge >= 0.3 is 0 Å². The van der Waals surface area contributed by atoms with E-state index in [1.807, 2.05) is 6.07 Å². The van der Waals surface area contributed by atoms with Gasteiger partial charge in [-0.25, -0.2) is 0 Å². The molecule has 0 fully saturated rings. The van der Waals surface area contributed by atoms with Gasteiger partial charge in [0.25, 0.3) is 0 Å². The minimum atomic E-state index is -0.0371. The van der Waals surface area contributed by atoms with Crippen molar-refractivity contribution in [2.24, 2.45) is 0 Å². The van der Waals surface area contributed by atoms with Crippen LogP contribution in [0.2, 0.25) is 0 Å². The predicted octanol–water partition coefficient (Wildman–Crippen LogP) is 3.29. The molecule has 0 radical (unpaired) electrons. The molecule has 0 spiro atoms. The number of aryl methyl sites for hydroxylation is 1. The molecule has 2 aromatic rings. The summed E-state index contributed by atoms with van der Waals surface area (Å²) in [4.78, 5) is 7.90. The molecule has 5 nitrogen and oxygen atoms in total. The fraction of sp³-hybridized carbons (Fsp3) is 0.375. The van der Waals surface area contributed by atoms with Gasteiger partial charge in [0, 0.05) is 11.6 Å². The van der Waals surface area contributed by atoms with E-state index in [4.69, 9.17) is 16.2 Å². The van der Waals surface area contributed by atoms with Crippen LogP contribution in [-0.4, -0.2) is 9.97 Å². The molecule has 1 aromatic heterocycles. The monoisotopic (exact) mass is 286 g/mol. The standard InChI is InChI=1S/C16H22N4O/c1-5-10-6-7-12(11(8-10)16(2,3)4)21-14-9-13(17)19-15(18)20-14/h6-9H,5H2,1-4H3,(H4,17,18,19,20). The maximum atomic E-state index is 5.89. The van der Waals surface area contributed by atoms with Crippen molar-refractivity contribution < 1.29 is 4.74 Å². The summed E-state index contributed by atoms with van der Waals surface area (Å²) in [5.74, 6) is 1.51. The zero-order valence-electron chi connectivity index (χ0n) is 13.0. The highest BCUT2D eigenvalue weighted by molar-refractivity contribution is 5.45. The molecule has 0 bridgehead atoms. The molecule has 112 valence electrons. The molecule has 0 atom stereocenters. The van der Waals surface area contributed by atoms with Crippen LogP contribution < -0.4 is 16.2 Å². The SMILES string of the molecule is CCc1ccc(Oc2cc(N)nc(N)n2)c(C(C)(C)C)c1. The molecule has 1 heterocycles. The Kier molecular flexibility index (Phi) is 4.02. The summed E-state index contributed by atoms with van der Waals surface area (Å²) in [6.45, 7) is 8.58. The lowest BCUT2D eigenvalue weighted by Crippen LogP contribution is -2.13. The Hall–Kier alpha value is -2.30. The Morgan fingerprint density at radius 2 is 1.81 bits per heavy atom. The van der Waals surface area contributed by atoms with E-state index in [9.17, 15) is 0 Å². The van der Waals surface area contributed by atoms with Crippen LogP contribution in [0.15, 0.2) is 24.3 Å². The fourth-order valence-electron chi connectivity index (χ4n) is 2.10. The Balaban J connectivity index is 2.43. The lowest BCUT2D eigenvalue weighted by Gasteiger charge is -2.23. The number of ether oxygens (including phenoxy) is 1. The Morgan fingerprint density at radius 1 is 1.10 bits per heavy atom. The maximum Gasteiger partial charge on any atom is 0.226 e. The van der Waals surface area contributed by atoms with Gasteiger partial charge in [-0.15, -0.1) is 0 Å². The van der Waals surface area contributed by atoms with Gasteiger partial charge in [-0.2, -0.15) is 9.97 Å². The van der Waals surface area contributed by atoms with Gasteiger partial charge in [0.05, 0.1) is 0 Å². The lowest BCUT2D eigenvalue weighted by atomic mass is 9.85. The lowest BCUT2D eigenvalue weighted by molar-refractivity contribution is 0.439. The largest absolute Gasteiger partial charge is 0.438 e. The van der Waals surface area contributed by atoms with Crippen LogP contribution in [0.25, 0.3) is 0 Å². The van der Waals surface area contributed by atoms with Crippen LogP contribution in [0.4, 0.5) is 11.8 Å². The van der Waals surface area contributed by atoms with Crippen molar-refractivity contribution >= 4 is 11.8 Å². The first-order valence-electron chi connectivity index (χ1n) is 7.01. The van der Waals surface area contributed by atoms with Crippen molar-refractivity contribution in [1.82, 2.24) is 9.97 Å². The first-order valence-corrected chi connectivity index (χ1v) is 7.01. The van der Waals surface area contributed by atoms with E-state index in [1.165, 1.54) is 5.56 Å². The smallest absolute Gasteiger partial charge is 0.226 e. The minimum absolute atomic E-state index is 0.0371. The first kappa shape index (κ1) is 15.1. The van der Waals surface area contributed by atoms with Crippen LogP contribution in [0, 0.1) is 0 Å². The number of nitrogen functional groups attached to an aromatic ring is 2. The number of nitrogens with zero attached hydrogens (tertiary/aromatic N) is 2. The van der Waals surface area contributed by atoms with Crippen LogP contribution in [0.1, 0.15) is 38.8 Å². The zero-order valence-corrected chi connectivity index (χ0v) is 13.0. The predicted molar refractivity (Wildman–Crippen MR) is 85.5 cm³/mol. The number of anilines is 2. The zero-order chi connectivity index (χ0) is 15.6. The summed E-state index contributed by atoms with van der Waals surface area (Å²) in [6.07, 6.45) is 0.983. The molecular weight excluding hydrogens is 264 g/mol. The molecule has 21 heavy (non-hydrogen) atoms. The maximum absolute atomic E-state index is 5.89. The fourth-order valence-corrected chi connectivity index (χ4v) is 2.10. The van der Waals surface area contributed by atoms with E-state index < -0.39 is 0 Å². The topological polar surface area (TPSA) is 87.0 Å². The van der Waals surface area contributed by atoms with E-state index in [2.05, 4.69) is 49.8 Å². The highest BCUT2D eigenvalue weighted by Crippen LogP contribution is 2.35. The molecule has 0 saturated heterocycles. The van der Waals surface area contributed by atoms with Gasteiger partial charge in [0.15, 0.2) is 0 Å². The van der Waals surface area contributed by atoms with E-state index >= 15 is 0 Å². The normalized spacial score (nSPS) is 11.4. The third-order valence-electron chi connectivity index (χ3n) is 3.21. The van der Waals surface area contributed by atoms with Gasteiger partial charge in [-0.3, -0.25) is 0 Å². The number of nitrogens with two attached hydrogens (primary N) is 2. The summed E-state index contributed by atoms with van der Waals surface area (Å²) in [5, 5.41) is 0. The molecular formula is C16H22N4O. The van der Waals surface area contributed by atoms with Crippen molar-refractivity contribution in [3.8, 4) is 11.6 Å². The van der Waals surface area contributed by atoms with Gasteiger partial charge in [0.1, 0.15) is 11.6 Å². The summed E-state index contributed by atoms with van der Waals surface area (Å²) in [5.41, 5.74) is 13.6. The van der Waals surface area contributed by atoms with Crippen molar-refractivity contribution in [2.45, 2.75) is 39.5 Å². The van der Waals surface area contributed by atoms with Crippen molar-refractivity contribution in [1.29, 1.82) is 0 Å². The van der Waals surface area contributed by atoms with Crippen LogP contribution in [0.5, 0.6) is 11.6 Å². The highest BCUT2D eigenvalue weighted by atomic mass is 16.5. The van der Waals surface area contributed by atoms with Crippen LogP contribution >= 0.6 is 0 Å². The van der Waals surface area contributed by atoms with Gasteiger partial charge in [-0.1, -0.05) is 39.8 Å². The Labute approximate surface area is 125 Å². The molecule has 1 aromatic carbocycles. The third-order valence-corrected chi connectivity index (χ3v) is 3.21. The van der Waals surface area contributed by atoms with Crippen LogP contribution in [-0.2, 0) is 11.8 Å². The summed E-state index contributed by atoms with van der Waals surface area (Å²) in [7, 11) is 0. The summed E-state index contributed by atoms with van der Waals surface area (Å²) >= 11 is 0. The number of hydrogen-bond donors (Lipinski definition) is 2.